The molecule has 1 amide bonds. The Morgan fingerprint density at radius 3 is 2.70 bits per heavy atom. The van der Waals surface area contributed by atoms with E-state index in [0.29, 0.717) is 23.8 Å². The summed E-state index contributed by atoms with van der Waals surface area (Å²) in [6.45, 7) is 0. The number of hydrogen-bond acceptors (Lipinski definition) is 4. The van der Waals surface area contributed by atoms with E-state index < -0.39 is 15.2 Å². The normalized spacial score (nSPS) is 21.2. The molecule has 1 aromatic rings. The summed E-state index contributed by atoms with van der Waals surface area (Å²) < 4.78 is 28.2. The Labute approximate surface area is 121 Å². The van der Waals surface area contributed by atoms with Crippen molar-refractivity contribution in [2.45, 2.75) is 36.3 Å². The van der Waals surface area contributed by atoms with Gasteiger partial charge in [0.1, 0.15) is 5.75 Å². The van der Waals surface area contributed by atoms with Gasteiger partial charge in [0.25, 0.3) is 15.0 Å². The third-order valence-corrected chi connectivity index (χ3v) is 5.06. The predicted molar refractivity (Wildman–Crippen MR) is 73.4 cm³/mol. The fourth-order valence-electron chi connectivity index (χ4n) is 2.38. The molecule has 1 aliphatic heterocycles. The van der Waals surface area contributed by atoms with E-state index in [2.05, 4.69) is 0 Å². The fourth-order valence-corrected chi connectivity index (χ4v) is 3.18. The molecular weight excluding hydrogens is 302 g/mol. The first-order valence-electron chi connectivity index (χ1n) is 6.37. The highest BCUT2D eigenvalue weighted by molar-refractivity contribution is 8.13. The molecule has 1 aromatic carbocycles. The number of fused-ring (bicyclic) bond motifs is 1. The van der Waals surface area contributed by atoms with Crippen LogP contribution in [-0.4, -0.2) is 38.4 Å². The van der Waals surface area contributed by atoms with E-state index in [-0.39, 0.29) is 10.8 Å². The lowest BCUT2D eigenvalue weighted by molar-refractivity contribution is -0.137. The van der Waals surface area contributed by atoms with Gasteiger partial charge in [-0.05, 0) is 36.6 Å². The largest absolute Gasteiger partial charge is 0.480 e. The standard InChI is InChI=1S/C13H14ClNO4S/c1-15(9-2-3-9)13(16)12-7-8-6-10(20(14,17)18)4-5-11(8)19-12/h4-6,9,12H,2-3,7H2,1H3. The van der Waals surface area contributed by atoms with Crippen molar-refractivity contribution in [2.75, 3.05) is 7.05 Å². The average Bonchev–Trinajstić information content (AvgIpc) is 3.14. The van der Waals surface area contributed by atoms with Crippen LogP contribution >= 0.6 is 10.7 Å². The Hall–Kier alpha value is -1.27. The van der Waals surface area contributed by atoms with Crippen LogP contribution in [0.1, 0.15) is 18.4 Å². The Morgan fingerprint density at radius 2 is 2.10 bits per heavy atom. The first-order valence-corrected chi connectivity index (χ1v) is 8.68. The maximum absolute atomic E-state index is 12.2. The summed E-state index contributed by atoms with van der Waals surface area (Å²) in [6.07, 6.45) is 1.89. The molecule has 1 atom stereocenters. The van der Waals surface area contributed by atoms with Gasteiger partial charge in [-0.25, -0.2) is 8.42 Å². The highest BCUT2D eigenvalue weighted by atomic mass is 35.7. The second-order valence-electron chi connectivity index (χ2n) is 5.20. The first-order chi connectivity index (χ1) is 9.36. The number of rotatable bonds is 3. The zero-order chi connectivity index (χ0) is 14.5. The smallest absolute Gasteiger partial charge is 0.263 e. The third-order valence-electron chi connectivity index (χ3n) is 3.71. The van der Waals surface area contributed by atoms with Crippen molar-refractivity contribution in [3.63, 3.8) is 0 Å². The number of hydrogen-bond donors (Lipinski definition) is 0. The number of halogens is 1. The van der Waals surface area contributed by atoms with Crippen molar-refractivity contribution in [3.05, 3.63) is 23.8 Å². The molecule has 0 N–H and O–H groups in total. The van der Waals surface area contributed by atoms with E-state index >= 15 is 0 Å². The van der Waals surface area contributed by atoms with Crippen LogP contribution in [0.3, 0.4) is 0 Å². The van der Waals surface area contributed by atoms with Gasteiger partial charge in [-0.3, -0.25) is 4.79 Å². The third kappa shape index (κ3) is 2.50. The van der Waals surface area contributed by atoms with Gasteiger partial charge in [-0.15, -0.1) is 0 Å². The molecule has 1 heterocycles. The number of ether oxygens (including phenoxy) is 1. The second kappa shape index (κ2) is 4.63. The van der Waals surface area contributed by atoms with Crippen LogP contribution in [0.4, 0.5) is 0 Å². The molecule has 2 aliphatic rings. The molecule has 7 heteroatoms. The molecule has 1 saturated carbocycles. The summed E-state index contributed by atoms with van der Waals surface area (Å²) in [5, 5.41) is 0. The molecule has 0 spiro atoms. The Bertz CT molecular complexity index is 669. The molecule has 0 aromatic heterocycles. The number of carbonyl (C=O) groups is 1. The van der Waals surface area contributed by atoms with Crippen molar-refractivity contribution in [1.29, 1.82) is 0 Å². The minimum Gasteiger partial charge on any atom is -0.480 e. The van der Waals surface area contributed by atoms with Gasteiger partial charge in [0.2, 0.25) is 0 Å². The van der Waals surface area contributed by atoms with E-state index in [0.717, 1.165) is 12.8 Å². The number of carbonyl (C=O) groups excluding carboxylic acids is 1. The quantitative estimate of drug-likeness (QED) is 0.794. The molecule has 1 aliphatic carbocycles. The van der Waals surface area contributed by atoms with Crippen molar-refractivity contribution in [2.24, 2.45) is 0 Å². The molecule has 108 valence electrons. The van der Waals surface area contributed by atoms with E-state index in [9.17, 15) is 13.2 Å². The average molecular weight is 316 g/mol. The number of nitrogens with zero attached hydrogens (tertiary/aromatic N) is 1. The zero-order valence-corrected chi connectivity index (χ0v) is 12.4. The van der Waals surface area contributed by atoms with Gasteiger partial charge < -0.3 is 9.64 Å². The van der Waals surface area contributed by atoms with Crippen molar-refractivity contribution < 1.29 is 17.9 Å². The maximum atomic E-state index is 12.2. The lowest BCUT2D eigenvalue weighted by atomic mass is 10.1. The van der Waals surface area contributed by atoms with Crippen molar-refractivity contribution in [3.8, 4) is 5.75 Å². The van der Waals surface area contributed by atoms with Crippen LogP contribution < -0.4 is 4.74 Å². The Balaban J connectivity index is 1.80. The zero-order valence-electron chi connectivity index (χ0n) is 10.9. The van der Waals surface area contributed by atoms with Crippen molar-refractivity contribution in [1.82, 2.24) is 4.90 Å². The van der Waals surface area contributed by atoms with Gasteiger partial charge in [0.15, 0.2) is 6.10 Å². The highest BCUT2D eigenvalue weighted by Crippen LogP contribution is 2.34. The van der Waals surface area contributed by atoms with E-state index in [1.807, 2.05) is 0 Å². The van der Waals surface area contributed by atoms with E-state index in [1.165, 1.54) is 12.1 Å². The Morgan fingerprint density at radius 1 is 1.40 bits per heavy atom. The van der Waals surface area contributed by atoms with Gasteiger partial charge in [0.05, 0.1) is 4.90 Å². The second-order valence-corrected chi connectivity index (χ2v) is 7.76. The minimum atomic E-state index is -3.76. The van der Waals surface area contributed by atoms with Crippen LogP contribution in [0.25, 0.3) is 0 Å². The van der Waals surface area contributed by atoms with Gasteiger partial charge in [-0.2, -0.15) is 0 Å². The van der Waals surface area contributed by atoms with Crippen molar-refractivity contribution >= 4 is 25.6 Å². The molecule has 0 bridgehead atoms. The predicted octanol–water partition coefficient (Wildman–Crippen LogP) is 1.54. The van der Waals surface area contributed by atoms with Crippen LogP contribution in [0.5, 0.6) is 5.75 Å². The number of benzene rings is 1. The topological polar surface area (TPSA) is 63.7 Å². The summed E-state index contributed by atoms with van der Waals surface area (Å²) in [7, 11) is 3.33. The van der Waals surface area contributed by atoms with Gasteiger partial charge >= 0.3 is 0 Å². The van der Waals surface area contributed by atoms with Gasteiger partial charge in [0, 0.05) is 30.2 Å². The summed E-state index contributed by atoms with van der Waals surface area (Å²) in [4.78, 5) is 14.0. The fraction of sp³-hybridized carbons (Fsp3) is 0.462. The maximum Gasteiger partial charge on any atom is 0.263 e. The minimum absolute atomic E-state index is 0.0326. The monoisotopic (exact) mass is 315 g/mol. The number of likely N-dealkylation sites (N-methyl/N-ethyl adjacent to an activating group) is 1. The molecule has 5 nitrogen and oxygen atoms in total. The van der Waals surface area contributed by atoms with Crippen LogP contribution in [0, 0.1) is 0 Å². The lowest BCUT2D eigenvalue weighted by Gasteiger charge is -2.20. The molecule has 0 radical (unpaired) electrons. The molecule has 1 fully saturated rings. The van der Waals surface area contributed by atoms with Crippen LogP contribution in [-0.2, 0) is 20.3 Å². The SMILES string of the molecule is CN(C(=O)C1Cc2cc(S(=O)(=O)Cl)ccc2O1)C1CC1. The summed E-state index contributed by atoms with van der Waals surface area (Å²) >= 11 is 0. The lowest BCUT2D eigenvalue weighted by Crippen LogP contribution is -2.40. The molecule has 0 saturated heterocycles. The molecule has 1 unspecified atom stereocenters. The molecule has 3 rings (SSSR count). The van der Waals surface area contributed by atoms with Gasteiger partial charge in [-0.1, -0.05) is 0 Å². The molecular formula is C13H14ClNO4S. The first kappa shape index (κ1) is 13.7. The number of amides is 1. The summed E-state index contributed by atoms with van der Waals surface area (Å²) in [5.41, 5.74) is 0.703. The summed E-state index contributed by atoms with van der Waals surface area (Å²) in [6, 6.07) is 4.74. The Kier molecular flexibility index (Phi) is 3.17. The highest BCUT2D eigenvalue weighted by Gasteiger charge is 2.37. The van der Waals surface area contributed by atoms with Crippen LogP contribution in [0.15, 0.2) is 23.1 Å². The van der Waals surface area contributed by atoms with E-state index in [4.69, 9.17) is 15.4 Å². The summed E-state index contributed by atoms with van der Waals surface area (Å²) in [5.74, 6) is 0.496. The van der Waals surface area contributed by atoms with E-state index in [1.54, 1.807) is 18.0 Å². The molecule has 20 heavy (non-hydrogen) atoms. The van der Waals surface area contributed by atoms with Crippen LogP contribution in [0.2, 0.25) is 0 Å².